The number of aliphatic hydroxyl groups is 1. The number of aromatic nitrogens is 1. The zero-order valence-electron chi connectivity index (χ0n) is 16.3. The van der Waals surface area contributed by atoms with Crippen LogP contribution in [-0.2, 0) is 31.5 Å². The zero-order chi connectivity index (χ0) is 18.6. The molecule has 0 spiro atoms. The second-order valence-electron chi connectivity index (χ2n) is 8.56. The number of hydrogen-bond acceptors (Lipinski definition) is 2. The van der Waals surface area contributed by atoms with Crippen molar-refractivity contribution in [3.8, 4) is 0 Å². The third kappa shape index (κ3) is 2.72. The number of nitrogens with zero attached hydrogens (tertiary/aromatic N) is 2. The number of rotatable bonds is 2. The predicted octanol–water partition coefficient (Wildman–Crippen LogP) is 4.16. The Bertz CT molecular complexity index is 1020. The molecule has 1 aliphatic heterocycles. The summed E-state index contributed by atoms with van der Waals surface area (Å²) >= 11 is 0. The van der Waals surface area contributed by atoms with Crippen molar-refractivity contribution in [3.05, 3.63) is 70.4 Å². The number of aryl methyl sites for hydroxylation is 2. The lowest BCUT2D eigenvalue weighted by atomic mass is 9.79. The second kappa shape index (κ2) is 6.22. The molecular weight excluding hydrogens is 332 g/mol. The maximum Gasteiger partial charge on any atom is 0.108 e. The lowest BCUT2D eigenvalue weighted by molar-refractivity contribution is 0.00176. The Labute approximate surface area is 161 Å². The van der Waals surface area contributed by atoms with Crippen LogP contribution in [0.15, 0.2) is 42.5 Å². The summed E-state index contributed by atoms with van der Waals surface area (Å²) in [4.78, 5) is 2.40. The smallest absolute Gasteiger partial charge is 0.108 e. The van der Waals surface area contributed by atoms with Gasteiger partial charge in [0.1, 0.15) is 5.60 Å². The average molecular weight is 361 g/mol. The first-order valence-electron chi connectivity index (χ1n) is 10.1. The van der Waals surface area contributed by atoms with E-state index in [1.807, 2.05) is 0 Å². The number of benzene rings is 2. The van der Waals surface area contributed by atoms with Gasteiger partial charge in [0.05, 0.1) is 6.54 Å². The van der Waals surface area contributed by atoms with Gasteiger partial charge in [0.2, 0.25) is 0 Å². The summed E-state index contributed by atoms with van der Waals surface area (Å²) in [5.41, 5.74) is 7.12. The molecule has 1 atom stereocenters. The minimum atomic E-state index is -0.775. The van der Waals surface area contributed by atoms with Gasteiger partial charge in [0.15, 0.2) is 0 Å². The van der Waals surface area contributed by atoms with Crippen LogP contribution < -0.4 is 0 Å². The first kappa shape index (κ1) is 17.0. The van der Waals surface area contributed by atoms with Crippen molar-refractivity contribution in [1.29, 1.82) is 0 Å². The molecule has 1 N–H and O–H groups in total. The van der Waals surface area contributed by atoms with E-state index in [-0.39, 0.29) is 0 Å². The molecule has 0 saturated carbocycles. The molecule has 27 heavy (non-hydrogen) atoms. The van der Waals surface area contributed by atoms with Gasteiger partial charge >= 0.3 is 0 Å². The van der Waals surface area contributed by atoms with E-state index in [4.69, 9.17) is 0 Å². The first-order chi connectivity index (χ1) is 13.0. The third-order valence-electron chi connectivity index (χ3n) is 6.58. The SMILES string of the molecule is Cc1ccc2c(c1)c1c(n2CC2(O)CCCc3ccccc32)CCN(C)C1. The van der Waals surface area contributed by atoms with E-state index in [0.717, 1.165) is 44.3 Å². The van der Waals surface area contributed by atoms with Crippen molar-refractivity contribution in [2.45, 2.75) is 51.3 Å². The first-order valence-corrected chi connectivity index (χ1v) is 10.1. The minimum absolute atomic E-state index is 0.655. The fourth-order valence-electron chi connectivity index (χ4n) is 5.20. The van der Waals surface area contributed by atoms with Crippen molar-refractivity contribution in [2.75, 3.05) is 13.6 Å². The summed E-state index contributed by atoms with van der Waals surface area (Å²) < 4.78 is 2.43. The van der Waals surface area contributed by atoms with Crippen LogP contribution in [0.2, 0.25) is 0 Å². The Morgan fingerprint density at radius 1 is 1.11 bits per heavy atom. The number of hydrogen-bond donors (Lipinski definition) is 1. The maximum atomic E-state index is 11.7. The number of likely N-dealkylation sites (N-methyl/N-ethyl adjacent to an activating group) is 1. The average Bonchev–Trinajstić information content (AvgIpc) is 2.94. The molecule has 1 aliphatic carbocycles. The molecule has 0 fully saturated rings. The summed E-state index contributed by atoms with van der Waals surface area (Å²) in [6.45, 7) is 4.90. The quantitative estimate of drug-likeness (QED) is 0.743. The Hall–Kier alpha value is -2.10. The van der Waals surface area contributed by atoms with Gasteiger partial charge in [0.25, 0.3) is 0 Å². The van der Waals surface area contributed by atoms with Crippen LogP contribution in [0.5, 0.6) is 0 Å². The molecule has 3 heteroatoms. The van der Waals surface area contributed by atoms with Gasteiger partial charge in [-0.05, 0) is 62.1 Å². The number of fused-ring (bicyclic) bond motifs is 4. The fourth-order valence-corrected chi connectivity index (χ4v) is 5.20. The molecule has 0 bridgehead atoms. The second-order valence-corrected chi connectivity index (χ2v) is 8.56. The van der Waals surface area contributed by atoms with E-state index in [0.29, 0.717) is 6.54 Å². The molecule has 1 aromatic heterocycles. The highest BCUT2D eigenvalue weighted by Gasteiger charge is 2.36. The standard InChI is InChI=1S/C24H28N2O/c1-17-9-10-22-19(14-17)20-15-25(2)13-11-23(20)26(22)16-24(27)12-5-7-18-6-3-4-8-21(18)24/h3-4,6,8-10,14,27H,5,7,11-13,15-16H2,1-2H3. The molecule has 1 unspecified atom stereocenters. The lowest BCUT2D eigenvalue weighted by Crippen LogP contribution is -2.36. The molecule has 0 radical (unpaired) electrons. The molecular formula is C24H28N2O. The molecule has 5 rings (SSSR count). The van der Waals surface area contributed by atoms with Gasteiger partial charge < -0.3 is 14.6 Å². The van der Waals surface area contributed by atoms with E-state index in [1.54, 1.807) is 0 Å². The van der Waals surface area contributed by atoms with Crippen LogP contribution in [-0.4, -0.2) is 28.2 Å². The fraction of sp³-hybridized carbons (Fsp3) is 0.417. The third-order valence-corrected chi connectivity index (χ3v) is 6.58. The van der Waals surface area contributed by atoms with E-state index in [9.17, 15) is 5.11 Å². The van der Waals surface area contributed by atoms with Crippen molar-refractivity contribution >= 4 is 10.9 Å². The summed E-state index contributed by atoms with van der Waals surface area (Å²) in [7, 11) is 2.20. The normalized spacial score (nSPS) is 22.6. The molecule has 140 valence electrons. The largest absolute Gasteiger partial charge is 0.383 e. The van der Waals surface area contributed by atoms with Crippen LogP contribution >= 0.6 is 0 Å². The van der Waals surface area contributed by atoms with Crippen molar-refractivity contribution in [2.24, 2.45) is 0 Å². The van der Waals surface area contributed by atoms with Crippen molar-refractivity contribution in [3.63, 3.8) is 0 Å². The lowest BCUT2D eigenvalue weighted by Gasteiger charge is -2.36. The van der Waals surface area contributed by atoms with Gasteiger partial charge in [-0.25, -0.2) is 0 Å². The van der Waals surface area contributed by atoms with Crippen LogP contribution in [0.1, 0.15) is 40.8 Å². The molecule has 2 aliphatic rings. The van der Waals surface area contributed by atoms with Crippen LogP contribution in [0.25, 0.3) is 10.9 Å². The summed E-state index contributed by atoms with van der Waals surface area (Å²) in [5, 5.41) is 13.1. The van der Waals surface area contributed by atoms with E-state index < -0.39 is 5.60 Å². The highest BCUT2D eigenvalue weighted by Crippen LogP contribution is 2.39. The van der Waals surface area contributed by atoms with Crippen molar-refractivity contribution in [1.82, 2.24) is 9.47 Å². The monoisotopic (exact) mass is 360 g/mol. The Morgan fingerprint density at radius 2 is 1.96 bits per heavy atom. The van der Waals surface area contributed by atoms with Crippen LogP contribution in [0, 0.1) is 6.92 Å². The zero-order valence-corrected chi connectivity index (χ0v) is 16.3. The Balaban J connectivity index is 1.66. The van der Waals surface area contributed by atoms with Gasteiger partial charge in [0, 0.05) is 36.1 Å². The molecule has 2 aromatic carbocycles. The summed E-state index contributed by atoms with van der Waals surface area (Å²) in [5.74, 6) is 0. The summed E-state index contributed by atoms with van der Waals surface area (Å²) in [6.07, 6.45) is 4.02. The van der Waals surface area contributed by atoms with E-state index in [2.05, 4.69) is 65.9 Å². The maximum absolute atomic E-state index is 11.7. The van der Waals surface area contributed by atoms with Crippen LogP contribution in [0.4, 0.5) is 0 Å². The Kier molecular flexibility index (Phi) is 3.92. The van der Waals surface area contributed by atoms with Gasteiger partial charge in [-0.2, -0.15) is 0 Å². The molecule has 3 nitrogen and oxygen atoms in total. The molecule has 0 saturated heterocycles. The van der Waals surface area contributed by atoms with Crippen molar-refractivity contribution < 1.29 is 5.11 Å². The van der Waals surface area contributed by atoms with Crippen LogP contribution in [0.3, 0.4) is 0 Å². The highest BCUT2D eigenvalue weighted by atomic mass is 16.3. The molecule has 2 heterocycles. The van der Waals surface area contributed by atoms with Gasteiger partial charge in [-0.15, -0.1) is 0 Å². The molecule has 3 aromatic rings. The highest BCUT2D eigenvalue weighted by molar-refractivity contribution is 5.86. The Morgan fingerprint density at radius 3 is 2.85 bits per heavy atom. The predicted molar refractivity (Wildman–Crippen MR) is 110 cm³/mol. The molecule has 0 amide bonds. The topological polar surface area (TPSA) is 28.4 Å². The van der Waals surface area contributed by atoms with Gasteiger partial charge in [-0.3, -0.25) is 0 Å². The summed E-state index contributed by atoms with van der Waals surface area (Å²) in [6, 6.07) is 15.2. The van der Waals surface area contributed by atoms with Gasteiger partial charge in [-0.1, -0.05) is 35.9 Å². The van der Waals surface area contributed by atoms with E-state index >= 15 is 0 Å². The minimum Gasteiger partial charge on any atom is -0.383 e. The van der Waals surface area contributed by atoms with E-state index in [1.165, 1.54) is 33.3 Å².